The summed E-state index contributed by atoms with van der Waals surface area (Å²) in [6.07, 6.45) is 2.61. The molecular formula is C32H30F2N6O7S3. The number of thiazole rings is 1. The summed E-state index contributed by atoms with van der Waals surface area (Å²) in [7, 11) is -5.48. The third-order valence-electron chi connectivity index (χ3n) is 7.54. The molecule has 0 spiro atoms. The van der Waals surface area contributed by atoms with Gasteiger partial charge in [-0.25, -0.2) is 40.6 Å². The van der Waals surface area contributed by atoms with Gasteiger partial charge in [-0.2, -0.15) is 0 Å². The first kappa shape index (κ1) is 34.9. The van der Waals surface area contributed by atoms with Crippen LogP contribution in [0, 0.1) is 11.6 Å². The van der Waals surface area contributed by atoms with Gasteiger partial charge in [0.05, 0.1) is 60.0 Å². The SMILES string of the molecule is COc1ccc(S(C)(=O)=O)cc1Nc1nccc(-c2sc(N3CCOCC3)nc2-c2cccc(NS(=O)(=O)c3c(F)cccc3F)c2OC)n1. The number of aromatic nitrogens is 3. The number of rotatable bonds is 11. The number of ether oxygens (including phenoxy) is 3. The van der Waals surface area contributed by atoms with Crippen LogP contribution in [0.2, 0.25) is 0 Å². The van der Waals surface area contributed by atoms with Crippen molar-refractivity contribution in [2.24, 2.45) is 0 Å². The molecule has 1 fully saturated rings. The molecular weight excluding hydrogens is 715 g/mol. The second-order valence-corrected chi connectivity index (χ2v) is 15.5. The van der Waals surface area contributed by atoms with Gasteiger partial charge in [-0.1, -0.05) is 23.5 Å². The third-order valence-corrected chi connectivity index (χ3v) is 11.2. The second-order valence-electron chi connectivity index (χ2n) is 10.8. The molecule has 0 saturated carbocycles. The molecule has 0 bridgehead atoms. The molecule has 18 heteroatoms. The van der Waals surface area contributed by atoms with E-state index in [1.807, 2.05) is 4.90 Å². The first-order valence-corrected chi connectivity index (χ1v) is 19.0. The summed E-state index contributed by atoms with van der Waals surface area (Å²) < 4.78 is 98.9. The highest BCUT2D eigenvalue weighted by atomic mass is 32.2. The van der Waals surface area contributed by atoms with E-state index >= 15 is 0 Å². The highest BCUT2D eigenvalue weighted by Crippen LogP contribution is 2.45. The minimum atomic E-state index is -4.73. The van der Waals surface area contributed by atoms with E-state index in [9.17, 15) is 25.6 Å². The number of benzene rings is 3. The first-order valence-electron chi connectivity index (χ1n) is 14.9. The van der Waals surface area contributed by atoms with Crippen molar-refractivity contribution in [2.75, 3.05) is 61.7 Å². The largest absolute Gasteiger partial charge is 0.495 e. The van der Waals surface area contributed by atoms with E-state index in [0.717, 1.165) is 24.5 Å². The van der Waals surface area contributed by atoms with Crippen LogP contribution in [0.1, 0.15) is 0 Å². The lowest BCUT2D eigenvalue weighted by Gasteiger charge is -2.26. The lowest BCUT2D eigenvalue weighted by atomic mass is 10.1. The van der Waals surface area contributed by atoms with Gasteiger partial charge in [0.2, 0.25) is 5.95 Å². The molecule has 3 aromatic carbocycles. The Bertz CT molecular complexity index is 2260. The van der Waals surface area contributed by atoms with Crippen LogP contribution in [0.25, 0.3) is 21.8 Å². The Morgan fingerprint density at radius 2 is 1.62 bits per heavy atom. The van der Waals surface area contributed by atoms with Crippen LogP contribution in [0.3, 0.4) is 0 Å². The van der Waals surface area contributed by atoms with Crippen molar-refractivity contribution in [3.05, 3.63) is 78.5 Å². The molecule has 0 atom stereocenters. The molecule has 5 aromatic rings. The normalized spacial score (nSPS) is 13.6. The molecule has 0 aliphatic carbocycles. The van der Waals surface area contributed by atoms with Gasteiger partial charge in [-0.15, -0.1) is 0 Å². The van der Waals surface area contributed by atoms with Crippen LogP contribution >= 0.6 is 11.3 Å². The lowest BCUT2D eigenvalue weighted by Crippen LogP contribution is -2.36. The molecule has 6 rings (SSSR count). The van der Waals surface area contributed by atoms with Crippen LogP contribution in [0.15, 0.2) is 76.7 Å². The van der Waals surface area contributed by atoms with E-state index in [1.165, 1.54) is 56.0 Å². The zero-order chi connectivity index (χ0) is 35.6. The second kappa shape index (κ2) is 14.1. The van der Waals surface area contributed by atoms with E-state index in [0.29, 0.717) is 64.7 Å². The highest BCUT2D eigenvalue weighted by molar-refractivity contribution is 7.92. The number of morpholine rings is 1. The molecule has 2 N–H and O–H groups in total. The van der Waals surface area contributed by atoms with Gasteiger partial charge in [0, 0.05) is 31.1 Å². The molecule has 1 saturated heterocycles. The van der Waals surface area contributed by atoms with Crippen molar-refractivity contribution in [1.82, 2.24) is 15.0 Å². The number of methoxy groups -OCH3 is 2. The lowest BCUT2D eigenvalue weighted by molar-refractivity contribution is 0.122. The fourth-order valence-electron chi connectivity index (χ4n) is 5.19. The molecule has 0 unspecified atom stereocenters. The monoisotopic (exact) mass is 744 g/mol. The number of halogens is 2. The average molecular weight is 745 g/mol. The topological polar surface area (TPSA) is 162 Å². The first-order chi connectivity index (χ1) is 23.9. The fourth-order valence-corrected chi connectivity index (χ4v) is 8.15. The minimum Gasteiger partial charge on any atom is -0.495 e. The Morgan fingerprint density at radius 1 is 0.900 bits per heavy atom. The van der Waals surface area contributed by atoms with Crippen molar-refractivity contribution >= 4 is 53.7 Å². The van der Waals surface area contributed by atoms with Gasteiger partial charge in [0.15, 0.2) is 25.6 Å². The summed E-state index contributed by atoms with van der Waals surface area (Å²) in [5.74, 6) is -1.97. The number of nitrogens with zero attached hydrogens (tertiary/aromatic N) is 4. The standard InChI is InChI=1S/C32H30F2N6O7S3/c1-45-26-11-10-19(49(3,41)42)18-25(26)37-31-35-13-12-24(36-31)29-27(38-32(48-29)40-14-16-47-17-15-40)20-6-4-9-23(28(20)46-2)39-50(43,44)30-21(33)7-5-8-22(30)34/h4-13,18,39H,14-17H2,1-3H3,(H,35,36,37). The van der Waals surface area contributed by atoms with E-state index in [-0.39, 0.29) is 22.3 Å². The van der Waals surface area contributed by atoms with Crippen LogP contribution in [-0.4, -0.2) is 78.6 Å². The highest BCUT2D eigenvalue weighted by Gasteiger charge is 2.28. The summed E-state index contributed by atoms with van der Waals surface area (Å²) in [5.41, 5.74) is 1.41. The summed E-state index contributed by atoms with van der Waals surface area (Å²) >= 11 is 1.33. The van der Waals surface area contributed by atoms with Gasteiger partial charge >= 0.3 is 0 Å². The molecule has 0 radical (unpaired) electrons. The minimum absolute atomic E-state index is 0.0441. The number of anilines is 4. The van der Waals surface area contributed by atoms with Gasteiger partial charge in [0.1, 0.15) is 17.4 Å². The Labute approximate surface area is 290 Å². The van der Waals surface area contributed by atoms with Gasteiger partial charge in [-0.05, 0) is 48.5 Å². The zero-order valence-electron chi connectivity index (χ0n) is 26.8. The predicted octanol–water partition coefficient (Wildman–Crippen LogP) is 5.35. The predicted molar refractivity (Wildman–Crippen MR) is 185 cm³/mol. The van der Waals surface area contributed by atoms with Crippen molar-refractivity contribution in [1.29, 1.82) is 0 Å². The molecule has 3 heterocycles. The maximum atomic E-state index is 14.5. The zero-order valence-corrected chi connectivity index (χ0v) is 29.3. The maximum Gasteiger partial charge on any atom is 0.267 e. The van der Waals surface area contributed by atoms with E-state index < -0.39 is 36.4 Å². The quantitative estimate of drug-likeness (QED) is 0.179. The van der Waals surface area contributed by atoms with E-state index in [4.69, 9.17) is 24.2 Å². The summed E-state index contributed by atoms with van der Waals surface area (Å²) in [6.45, 7) is 2.13. The summed E-state index contributed by atoms with van der Waals surface area (Å²) in [4.78, 5) is 15.5. The van der Waals surface area contributed by atoms with Gasteiger partial charge < -0.3 is 24.4 Å². The van der Waals surface area contributed by atoms with E-state index in [2.05, 4.69) is 15.0 Å². The number of sulfonamides is 1. The Kier molecular flexibility index (Phi) is 9.88. The number of para-hydroxylation sites is 1. The Morgan fingerprint density at radius 3 is 2.30 bits per heavy atom. The van der Waals surface area contributed by atoms with Crippen LogP contribution < -0.4 is 24.4 Å². The summed E-state index contributed by atoms with van der Waals surface area (Å²) in [6, 6.07) is 13.4. The molecule has 262 valence electrons. The Hall–Kier alpha value is -4.91. The van der Waals surface area contributed by atoms with Gasteiger partial charge in [0.25, 0.3) is 10.0 Å². The van der Waals surface area contributed by atoms with Crippen molar-refractivity contribution < 1.29 is 39.8 Å². The maximum absolute atomic E-state index is 14.5. The van der Waals surface area contributed by atoms with Crippen LogP contribution in [0.5, 0.6) is 11.5 Å². The number of nitrogens with one attached hydrogen (secondary N) is 2. The van der Waals surface area contributed by atoms with Crippen molar-refractivity contribution in [2.45, 2.75) is 9.79 Å². The van der Waals surface area contributed by atoms with Crippen LogP contribution in [-0.2, 0) is 24.6 Å². The third kappa shape index (κ3) is 7.18. The molecule has 1 aliphatic rings. The summed E-state index contributed by atoms with van der Waals surface area (Å²) in [5, 5.41) is 3.68. The number of hydrogen-bond donors (Lipinski definition) is 2. The number of sulfone groups is 1. The van der Waals surface area contributed by atoms with E-state index in [1.54, 1.807) is 18.2 Å². The molecule has 0 amide bonds. The van der Waals surface area contributed by atoms with Crippen molar-refractivity contribution in [3.63, 3.8) is 0 Å². The molecule has 13 nitrogen and oxygen atoms in total. The van der Waals surface area contributed by atoms with Gasteiger partial charge in [-0.3, -0.25) is 4.72 Å². The number of hydrogen-bond acceptors (Lipinski definition) is 13. The smallest absolute Gasteiger partial charge is 0.267 e. The average Bonchev–Trinajstić information content (AvgIpc) is 3.53. The molecule has 50 heavy (non-hydrogen) atoms. The van der Waals surface area contributed by atoms with Crippen LogP contribution in [0.4, 0.5) is 31.2 Å². The Balaban J connectivity index is 1.45. The van der Waals surface area contributed by atoms with Crippen molar-refractivity contribution in [3.8, 4) is 33.3 Å². The molecule has 1 aliphatic heterocycles. The molecule has 2 aromatic heterocycles. The fraction of sp³-hybridized carbons (Fsp3) is 0.219.